The summed E-state index contributed by atoms with van der Waals surface area (Å²) < 4.78 is 11.3. The van der Waals surface area contributed by atoms with Gasteiger partial charge in [-0.3, -0.25) is 4.79 Å². The summed E-state index contributed by atoms with van der Waals surface area (Å²) >= 11 is 0. The van der Waals surface area contributed by atoms with Gasteiger partial charge in [-0.2, -0.15) is 0 Å². The summed E-state index contributed by atoms with van der Waals surface area (Å²) in [5.41, 5.74) is 0. The van der Waals surface area contributed by atoms with Crippen LogP contribution in [-0.2, 0) is 14.3 Å². The number of nitrogens with one attached hydrogen (secondary N) is 2. The molecule has 2 N–H and O–H groups in total. The van der Waals surface area contributed by atoms with Crippen LogP contribution in [0.25, 0.3) is 0 Å². The summed E-state index contributed by atoms with van der Waals surface area (Å²) in [5.74, 6) is 2.35. The van der Waals surface area contributed by atoms with Gasteiger partial charge in [0.15, 0.2) is 5.96 Å². The molecular weight excluding hydrogens is 459 g/mol. The number of carbonyl (C=O) groups excluding carboxylic acids is 1. The molecule has 5 unspecified atom stereocenters. The van der Waals surface area contributed by atoms with Crippen LogP contribution in [-0.4, -0.2) is 75.4 Å². The van der Waals surface area contributed by atoms with Crippen LogP contribution < -0.4 is 10.6 Å². The summed E-state index contributed by atoms with van der Waals surface area (Å²) in [6, 6.07) is 0.598. The van der Waals surface area contributed by atoms with Gasteiger partial charge in [0, 0.05) is 32.8 Å². The first-order valence-corrected chi connectivity index (χ1v) is 9.98. The summed E-state index contributed by atoms with van der Waals surface area (Å²) in [6.07, 6.45) is 6.41. The minimum absolute atomic E-state index is 0. The number of ether oxygens (including phenoxy) is 2. The maximum Gasteiger partial charge on any atom is 0.243 e. The fourth-order valence-electron chi connectivity index (χ4n) is 4.22. The van der Waals surface area contributed by atoms with Gasteiger partial charge < -0.3 is 25.0 Å². The number of hydrogen-bond acceptors (Lipinski definition) is 4. The normalized spacial score (nSPS) is 30.7. The Bertz CT molecular complexity index is 511. The zero-order valence-corrected chi connectivity index (χ0v) is 19.1. The van der Waals surface area contributed by atoms with E-state index in [1.54, 1.807) is 19.0 Å². The minimum atomic E-state index is 0. The molecule has 5 atom stereocenters. The molecule has 7 nitrogen and oxygen atoms in total. The molecule has 2 aliphatic carbocycles. The second kappa shape index (κ2) is 10.8. The Morgan fingerprint density at radius 2 is 2.11 bits per heavy atom. The van der Waals surface area contributed by atoms with Crippen LogP contribution in [0.15, 0.2) is 4.99 Å². The van der Waals surface area contributed by atoms with Crippen LogP contribution in [0, 0.1) is 11.8 Å². The van der Waals surface area contributed by atoms with Gasteiger partial charge >= 0.3 is 0 Å². The third kappa shape index (κ3) is 6.74. The number of hydrogen-bond donors (Lipinski definition) is 2. The Kier molecular flexibility index (Phi) is 9.07. The number of carbonyl (C=O) groups is 1. The molecule has 3 aliphatic rings. The van der Waals surface area contributed by atoms with Crippen molar-refractivity contribution < 1.29 is 14.3 Å². The van der Waals surface area contributed by atoms with E-state index in [2.05, 4.69) is 22.5 Å². The smallest absolute Gasteiger partial charge is 0.243 e. The number of likely N-dealkylation sites (N-methyl/N-ethyl adjacent to an activating group) is 1. The van der Waals surface area contributed by atoms with Gasteiger partial charge in [0.05, 0.1) is 19.3 Å². The molecule has 0 aromatic rings. The first-order valence-electron chi connectivity index (χ1n) is 9.98. The predicted octanol–water partition coefficient (Wildman–Crippen LogP) is 1.61. The molecule has 27 heavy (non-hydrogen) atoms. The lowest BCUT2D eigenvalue weighted by atomic mass is 9.95. The number of rotatable bonds is 7. The molecule has 0 radical (unpaired) electrons. The zero-order valence-electron chi connectivity index (χ0n) is 16.8. The number of fused-ring (bicyclic) bond motifs is 2. The average molecular weight is 494 g/mol. The molecule has 3 rings (SSSR count). The van der Waals surface area contributed by atoms with Gasteiger partial charge in [-0.05, 0) is 44.4 Å². The standard InChI is InChI=1S/C19H34N4O3.HI/c1-13(11-26-16-6-7-25-12-16)21-19(20-10-18(24)23(2)3)22-17-9-14-4-5-15(17)8-14;/h13-17H,4-12H2,1-3H3,(H2,20,21,22);1H. The largest absolute Gasteiger partial charge is 0.379 e. The van der Waals surface area contributed by atoms with Crippen LogP contribution in [0.2, 0.25) is 0 Å². The summed E-state index contributed by atoms with van der Waals surface area (Å²) in [6.45, 7) is 4.33. The Labute approximate surface area is 180 Å². The second-order valence-corrected chi connectivity index (χ2v) is 8.24. The van der Waals surface area contributed by atoms with E-state index in [-0.39, 0.29) is 48.6 Å². The number of halogens is 1. The molecule has 0 aromatic carbocycles. The summed E-state index contributed by atoms with van der Waals surface area (Å²) in [7, 11) is 3.52. The van der Waals surface area contributed by atoms with Crippen LogP contribution >= 0.6 is 24.0 Å². The van der Waals surface area contributed by atoms with Crippen LogP contribution in [0.3, 0.4) is 0 Å². The molecule has 1 heterocycles. The van der Waals surface area contributed by atoms with Crippen molar-refractivity contribution in [1.82, 2.24) is 15.5 Å². The number of amides is 1. The van der Waals surface area contributed by atoms with E-state index >= 15 is 0 Å². The predicted molar refractivity (Wildman–Crippen MR) is 117 cm³/mol. The Morgan fingerprint density at radius 3 is 2.70 bits per heavy atom. The third-order valence-corrected chi connectivity index (χ3v) is 5.78. The molecule has 1 saturated heterocycles. The van der Waals surface area contributed by atoms with E-state index in [4.69, 9.17) is 9.47 Å². The highest BCUT2D eigenvalue weighted by Crippen LogP contribution is 2.44. The molecule has 0 spiro atoms. The number of nitrogens with zero attached hydrogens (tertiary/aromatic N) is 2. The second-order valence-electron chi connectivity index (χ2n) is 8.24. The SMILES string of the molecule is CC(COC1CCOC1)NC(=NCC(=O)N(C)C)NC1CC2CCC1C2.I. The van der Waals surface area contributed by atoms with Gasteiger partial charge in [-0.15, -0.1) is 24.0 Å². The Balaban J connectivity index is 0.00000261. The van der Waals surface area contributed by atoms with Crippen LogP contribution in [0.5, 0.6) is 0 Å². The molecular formula is C19H35IN4O3. The zero-order chi connectivity index (χ0) is 18.5. The highest BCUT2D eigenvalue weighted by Gasteiger charge is 2.39. The van der Waals surface area contributed by atoms with E-state index in [1.807, 2.05) is 0 Å². The lowest BCUT2D eigenvalue weighted by Gasteiger charge is -2.27. The van der Waals surface area contributed by atoms with Crippen molar-refractivity contribution in [1.29, 1.82) is 0 Å². The van der Waals surface area contributed by atoms with Crippen molar-refractivity contribution >= 4 is 35.8 Å². The lowest BCUT2D eigenvalue weighted by molar-refractivity contribution is -0.127. The monoisotopic (exact) mass is 494 g/mol. The molecule has 156 valence electrons. The van der Waals surface area contributed by atoms with E-state index in [0.717, 1.165) is 30.8 Å². The highest BCUT2D eigenvalue weighted by atomic mass is 127. The van der Waals surface area contributed by atoms with Crippen molar-refractivity contribution in [2.24, 2.45) is 16.8 Å². The minimum Gasteiger partial charge on any atom is -0.379 e. The Hall–Kier alpha value is -0.610. The van der Waals surface area contributed by atoms with Crippen molar-refractivity contribution in [3.63, 3.8) is 0 Å². The maximum atomic E-state index is 11.9. The van der Waals surface area contributed by atoms with Crippen molar-refractivity contribution in [2.45, 2.75) is 57.2 Å². The molecule has 8 heteroatoms. The molecule has 1 aliphatic heterocycles. The fraction of sp³-hybridized carbons (Fsp3) is 0.895. The third-order valence-electron chi connectivity index (χ3n) is 5.78. The quantitative estimate of drug-likeness (QED) is 0.320. The first kappa shape index (κ1) is 22.7. The summed E-state index contributed by atoms with van der Waals surface area (Å²) in [5, 5.41) is 7.01. The van der Waals surface area contributed by atoms with E-state index in [0.29, 0.717) is 19.3 Å². The molecule has 2 saturated carbocycles. The fourth-order valence-corrected chi connectivity index (χ4v) is 4.22. The molecule has 0 aromatic heterocycles. The van der Waals surface area contributed by atoms with Crippen molar-refractivity contribution in [3.8, 4) is 0 Å². The van der Waals surface area contributed by atoms with E-state index < -0.39 is 0 Å². The molecule has 1 amide bonds. The van der Waals surface area contributed by atoms with Crippen molar-refractivity contribution in [3.05, 3.63) is 0 Å². The number of guanidine groups is 1. The van der Waals surface area contributed by atoms with Crippen molar-refractivity contribution in [2.75, 3.05) is 40.5 Å². The van der Waals surface area contributed by atoms with Gasteiger partial charge in [0.1, 0.15) is 6.54 Å². The average Bonchev–Trinajstić information content (AvgIpc) is 3.35. The maximum absolute atomic E-state index is 11.9. The lowest BCUT2D eigenvalue weighted by Crippen LogP contribution is -2.50. The summed E-state index contributed by atoms with van der Waals surface area (Å²) in [4.78, 5) is 18.0. The van der Waals surface area contributed by atoms with Crippen LogP contribution in [0.4, 0.5) is 0 Å². The van der Waals surface area contributed by atoms with Gasteiger partial charge in [0.25, 0.3) is 0 Å². The first-order chi connectivity index (χ1) is 12.5. The van der Waals surface area contributed by atoms with Crippen LogP contribution in [0.1, 0.15) is 39.0 Å². The topological polar surface area (TPSA) is 75.2 Å². The molecule has 3 fully saturated rings. The van der Waals surface area contributed by atoms with Gasteiger partial charge in [0.2, 0.25) is 5.91 Å². The molecule has 2 bridgehead atoms. The van der Waals surface area contributed by atoms with Gasteiger partial charge in [-0.25, -0.2) is 4.99 Å². The van der Waals surface area contributed by atoms with E-state index in [9.17, 15) is 4.79 Å². The van der Waals surface area contributed by atoms with E-state index in [1.165, 1.54) is 25.7 Å². The number of aliphatic imine (C=N–C) groups is 1. The van der Waals surface area contributed by atoms with Gasteiger partial charge in [-0.1, -0.05) is 6.42 Å². The Morgan fingerprint density at radius 1 is 1.30 bits per heavy atom. The highest BCUT2D eigenvalue weighted by molar-refractivity contribution is 14.0.